The molecule has 1 aliphatic rings. The lowest BCUT2D eigenvalue weighted by Gasteiger charge is -2.24. The Bertz CT molecular complexity index is 1510. The van der Waals surface area contributed by atoms with E-state index < -0.39 is 23.7 Å². The van der Waals surface area contributed by atoms with E-state index in [-0.39, 0.29) is 27.9 Å². The zero-order chi connectivity index (χ0) is 31.1. The smallest absolute Gasteiger partial charge is 0.350 e. The molecule has 228 valence electrons. The number of aliphatic hydroxyl groups is 1. The van der Waals surface area contributed by atoms with Gasteiger partial charge in [0.05, 0.1) is 44.2 Å². The number of unbranched alkanes of at least 4 members (excludes halogenated alkanes) is 2. The molecule has 1 N–H and O–H groups in total. The van der Waals surface area contributed by atoms with Crippen molar-refractivity contribution in [3.05, 3.63) is 69.7 Å². The van der Waals surface area contributed by atoms with Crippen LogP contribution < -0.4 is 19.1 Å². The van der Waals surface area contributed by atoms with Crippen LogP contribution in [-0.2, 0) is 14.3 Å². The Balaban J connectivity index is 1.87. The fourth-order valence-electron chi connectivity index (χ4n) is 4.74. The molecular formula is C32H36N2O8S. The molecule has 11 heteroatoms. The van der Waals surface area contributed by atoms with Gasteiger partial charge in [0, 0.05) is 5.56 Å². The van der Waals surface area contributed by atoms with Gasteiger partial charge in [-0.1, -0.05) is 37.2 Å². The Kier molecular flexibility index (Phi) is 10.4. The predicted octanol–water partition coefficient (Wildman–Crippen LogP) is 6.23. The number of Topliss-reactive ketones (excluding diaryl/α,β-unsaturated/α-hetero) is 1. The highest BCUT2D eigenvalue weighted by Crippen LogP contribution is 2.45. The van der Waals surface area contributed by atoms with Gasteiger partial charge in [0.2, 0.25) is 0 Å². The van der Waals surface area contributed by atoms with Crippen molar-refractivity contribution >= 4 is 39.9 Å². The maximum Gasteiger partial charge on any atom is 0.350 e. The quantitative estimate of drug-likeness (QED) is 0.0790. The summed E-state index contributed by atoms with van der Waals surface area (Å²) in [6.45, 7) is 8.33. The predicted molar refractivity (Wildman–Crippen MR) is 163 cm³/mol. The molecule has 2 aromatic carbocycles. The van der Waals surface area contributed by atoms with E-state index in [0.29, 0.717) is 47.3 Å². The van der Waals surface area contributed by atoms with Crippen molar-refractivity contribution in [2.24, 2.45) is 0 Å². The number of ether oxygens (including phenoxy) is 4. The minimum absolute atomic E-state index is 0.124. The number of hydrogen-bond donors (Lipinski definition) is 1. The number of aliphatic hydroxyl groups excluding tert-OH is 1. The van der Waals surface area contributed by atoms with Crippen LogP contribution in [0.4, 0.5) is 5.13 Å². The molecule has 1 atom stereocenters. The summed E-state index contributed by atoms with van der Waals surface area (Å²) in [5.74, 6) is -1.17. The summed E-state index contributed by atoms with van der Waals surface area (Å²) in [5.41, 5.74) is 1.05. The zero-order valence-electron chi connectivity index (χ0n) is 25.0. The van der Waals surface area contributed by atoms with E-state index in [9.17, 15) is 19.5 Å². The van der Waals surface area contributed by atoms with Crippen molar-refractivity contribution in [3.8, 4) is 17.2 Å². The Morgan fingerprint density at radius 3 is 2.40 bits per heavy atom. The number of ketones is 1. The topological polar surface area (TPSA) is 124 Å². The number of rotatable bonds is 13. The zero-order valence-corrected chi connectivity index (χ0v) is 25.8. The first kappa shape index (κ1) is 31.6. The van der Waals surface area contributed by atoms with E-state index in [2.05, 4.69) is 11.9 Å². The second-order valence-electron chi connectivity index (χ2n) is 9.72. The van der Waals surface area contributed by atoms with E-state index in [1.54, 1.807) is 56.3 Å². The van der Waals surface area contributed by atoms with Crippen LogP contribution in [-0.4, -0.2) is 54.7 Å². The first-order valence-corrected chi connectivity index (χ1v) is 15.1. The highest BCUT2D eigenvalue weighted by atomic mass is 32.1. The van der Waals surface area contributed by atoms with Crippen molar-refractivity contribution in [1.82, 2.24) is 4.98 Å². The molecular weight excluding hydrogens is 572 g/mol. The van der Waals surface area contributed by atoms with Gasteiger partial charge >= 0.3 is 11.9 Å². The lowest BCUT2D eigenvalue weighted by Crippen LogP contribution is -2.29. The number of methoxy groups -OCH3 is 1. The first-order valence-electron chi connectivity index (χ1n) is 14.2. The number of anilines is 1. The molecule has 1 fully saturated rings. The average molecular weight is 609 g/mol. The Labute approximate surface area is 254 Å². The van der Waals surface area contributed by atoms with Crippen LogP contribution in [0, 0.1) is 6.92 Å². The molecule has 2 heterocycles. The molecule has 3 aromatic rings. The number of carbonyl (C=O) groups is 3. The molecule has 0 bridgehead atoms. The van der Waals surface area contributed by atoms with E-state index >= 15 is 0 Å². The monoisotopic (exact) mass is 608 g/mol. The maximum absolute atomic E-state index is 13.6. The number of carbonyl (C=O) groups excluding carboxylic acids is 3. The van der Waals surface area contributed by atoms with E-state index in [0.717, 1.165) is 30.6 Å². The van der Waals surface area contributed by atoms with Gasteiger partial charge < -0.3 is 24.1 Å². The minimum atomic E-state index is -1.07. The maximum atomic E-state index is 13.6. The lowest BCUT2D eigenvalue weighted by atomic mass is 9.95. The average Bonchev–Trinajstić information content (AvgIpc) is 3.52. The van der Waals surface area contributed by atoms with Crippen molar-refractivity contribution in [3.63, 3.8) is 0 Å². The third-order valence-electron chi connectivity index (χ3n) is 6.85. The summed E-state index contributed by atoms with van der Waals surface area (Å²) in [5, 5.41) is 11.6. The van der Waals surface area contributed by atoms with Crippen molar-refractivity contribution in [2.45, 2.75) is 53.0 Å². The summed E-state index contributed by atoms with van der Waals surface area (Å²) >= 11 is 0.947. The molecule has 43 heavy (non-hydrogen) atoms. The van der Waals surface area contributed by atoms with Crippen LogP contribution in [0.3, 0.4) is 0 Å². The van der Waals surface area contributed by atoms with Gasteiger partial charge in [-0.05, 0) is 69.2 Å². The third-order valence-corrected chi connectivity index (χ3v) is 7.99. The molecule has 1 amide bonds. The fraction of sp³-hybridized carbons (Fsp3) is 0.375. The van der Waals surface area contributed by atoms with E-state index in [4.69, 9.17) is 18.9 Å². The Morgan fingerprint density at radius 2 is 1.74 bits per heavy atom. The molecule has 0 radical (unpaired) electrons. The number of nitrogens with zero attached hydrogens (tertiary/aromatic N) is 2. The van der Waals surface area contributed by atoms with Crippen LogP contribution in [0.1, 0.15) is 72.6 Å². The third kappa shape index (κ3) is 6.67. The number of hydrogen-bond acceptors (Lipinski definition) is 10. The number of amides is 1. The largest absolute Gasteiger partial charge is 0.507 e. The van der Waals surface area contributed by atoms with Crippen LogP contribution in [0.2, 0.25) is 0 Å². The van der Waals surface area contributed by atoms with E-state index in [1.165, 1.54) is 12.0 Å². The summed E-state index contributed by atoms with van der Waals surface area (Å²) in [6.07, 6.45) is 2.97. The fourth-order valence-corrected chi connectivity index (χ4v) is 5.72. The molecule has 0 aliphatic carbocycles. The standard InChI is InChI=1S/C32H36N2O8S/c1-6-9-10-17-42-23-16-13-21(18-24(23)40-7-2)26-25(27(35)20-11-14-22(39-5)15-12-20)28(36)30(37)34(26)32-33-19(4)29(43-32)31(38)41-8-3/h11-16,18,26,35H,6-10,17H2,1-5H3/b27-25+. The molecule has 1 aliphatic heterocycles. The van der Waals surface area contributed by atoms with Gasteiger partial charge in [-0.15, -0.1) is 0 Å². The van der Waals surface area contributed by atoms with Gasteiger partial charge in [0.25, 0.3) is 5.78 Å². The number of thiazole rings is 1. The van der Waals surface area contributed by atoms with E-state index in [1.807, 2.05) is 6.92 Å². The summed E-state index contributed by atoms with van der Waals surface area (Å²) in [4.78, 5) is 45.7. The second-order valence-corrected chi connectivity index (χ2v) is 10.7. The molecule has 4 rings (SSSR count). The van der Waals surface area contributed by atoms with Crippen LogP contribution in [0.25, 0.3) is 5.76 Å². The Hall–Kier alpha value is -4.38. The Morgan fingerprint density at radius 1 is 1.00 bits per heavy atom. The summed E-state index contributed by atoms with van der Waals surface area (Å²) < 4.78 is 22.3. The number of benzene rings is 2. The van der Waals surface area contributed by atoms with Gasteiger partial charge in [-0.3, -0.25) is 14.5 Å². The minimum Gasteiger partial charge on any atom is -0.507 e. The summed E-state index contributed by atoms with van der Waals surface area (Å²) in [7, 11) is 1.52. The van der Waals surface area contributed by atoms with Crippen LogP contribution in [0.5, 0.6) is 17.2 Å². The van der Waals surface area contributed by atoms with Crippen LogP contribution >= 0.6 is 11.3 Å². The molecule has 1 aromatic heterocycles. The number of esters is 1. The second kappa shape index (κ2) is 14.2. The number of aromatic nitrogens is 1. The van der Waals surface area contributed by atoms with Crippen molar-refractivity contribution in [2.75, 3.05) is 31.8 Å². The molecule has 10 nitrogen and oxygen atoms in total. The van der Waals surface area contributed by atoms with Crippen LogP contribution in [0.15, 0.2) is 48.0 Å². The van der Waals surface area contributed by atoms with Crippen molar-refractivity contribution < 1.29 is 38.4 Å². The SMILES string of the molecule is CCCCCOc1ccc(C2/C(=C(\O)c3ccc(OC)cc3)C(=O)C(=O)N2c2nc(C)c(C(=O)OCC)s2)cc1OCC. The molecule has 1 saturated heterocycles. The normalized spacial score (nSPS) is 15.9. The highest BCUT2D eigenvalue weighted by molar-refractivity contribution is 7.17. The summed E-state index contributed by atoms with van der Waals surface area (Å²) in [6, 6.07) is 10.6. The molecule has 1 unspecified atom stereocenters. The first-order chi connectivity index (χ1) is 20.7. The number of aryl methyl sites for hydroxylation is 1. The van der Waals surface area contributed by atoms with Gasteiger partial charge in [0.15, 0.2) is 16.6 Å². The van der Waals surface area contributed by atoms with Gasteiger partial charge in [-0.25, -0.2) is 9.78 Å². The van der Waals surface area contributed by atoms with Gasteiger partial charge in [0.1, 0.15) is 16.4 Å². The molecule has 0 saturated carbocycles. The lowest BCUT2D eigenvalue weighted by molar-refractivity contribution is -0.132. The van der Waals surface area contributed by atoms with Gasteiger partial charge in [-0.2, -0.15) is 0 Å². The highest BCUT2D eigenvalue weighted by Gasteiger charge is 2.48. The van der Waals surface area contributed by atoms with Crippen molar-refractivity contribution in [1.29, 1.82) is 0 Å². The molecule has 0 spiro atoms.